The third kappa shape index (κ3) is 4.56. The van der Waals surface area contributed by atoms with Crippen LogP contribution in [0.15, 0.2) is 45.8 Å². The Kier molecular flexibility index (Phi) is 5.93. The van der Waals surface area contributed by atoms with Gasteiger partial charge in [-0.25, -0.2) is 0 Å². The molecule has 0 aliphatic heterocycles. The van der Waals surface area contributed by atoms with Crippen LogP contribution in [0.3, 0.4) is 0 Å². The second kappa shape index (κ2) is 8.37. The van der Waals surface area contributed by atoms with E-state index in [9.17, 15) is 9.90 Å². The number of aliphatic hydroxyl groups excluding tert-OH is 1. The number of hydrogen-bond donors (Lipinski definition) is 3. The smallest absolute Gasteiger partial charge is 0.253 e. The monoisotopic (exact) mass is 385 g/mol. The zero-order chi connectivity index (χ0) is 19.4. The molecule has 2 heterocycles. The van der Waals surface area contributed by atoms with E-state index >= 15 is 0 Å². The van der Waals surface area contributed by atoms with Gasteiger partial charge < -0.3 is 24.7 Å². The Morgan fingerprint density at radius 2 is 2.07 bits per heavy atom. The molecular formula is C20H23N3O3S. The molecule has 3 aromatic rings. The van der Waals surface area contributed by atoms with Crippen LogP contribution in [0.1, 0.15) is 22.5 Å². The molecule has 1 aromatic carbocycles. The molecule has 0 amide bonds. The van der Waals surface area contributed by atoms with Crippen molar-refractivity contribution in [2.75, 3.05) is 13.2 Å². The van der Waals surface area contributed by atoms with E-state index in [2.05, 4.69) is 16.4 Å². The van der Waals surface area contributed by atoms with Crippen molar-refractivity contribution in [3.8, 4) is 0 Å². The van der Waals surface area contributed by atoms with Gasteiger partial charge in [0.2, 0.25) is 0 Å². The molecule has 0 atom stereocenters. The summed E-state index contributed by atoms with van der Waals surface area (Å²) in [6.45, 7) is 5.09. The molecule has 0 radical (unpaired) electrons. The number of aryl methyl sites for hydroxylation is 2. The lowest BCUT2D eigenvalue weighted by Crippen LogP contribution is -2.41. The Morgan fingerprint density at radius 3 is 2.78 bits per heavy atom. The van der Waals surface area contributed by atoms with Crippen LogP contribution in [0.4, 0.5) is 0 Å². The van der Waals surface area contributed by atoms with Crippen molar-refractivity contribution in [1.82, 2.24) is 15.2 Å². The lowest BCUT2D eigenvalue weighted by atomic mass is 10.0. The van der Waals surface area contributed by atoms with Crippen molar-refractivity contribution in [2.24, 2.45) is 0 Å². The molecule has 3 rings (SSSR count). The SMILES string of the molecule is Cc1cc2cc(CN(CCO)C(=S)NCc3ccco3)c(=O)[nH]c2cc1C. The van der Waals surface area contributed by atoms with E-state index in [1.54, 1.807) is 11.2 Å². The summed E-state index contributed by atoms with van der Waals surface area (Å²) in [6, 6.07) is 9.60. The number of thiocarbonyl (C=S) groups is 1. The van der Waals surface area contributed by atoms with E-state index in [4.69, 9.17) is 16.6 Å². The molecule has 0 bridgehead atoms. The Balaban J connectivity index is 1.80. The zero-order valence-corrected chi connectivity index (χ0v) is 16.2. The minimum Gasteiger partial charge on any atom is -0.467 e. The Labute approximate surface area is 162 Å². The van der Waals surface area contributed by atoms with Crippen molar-refractivity contribution < 1.29 is 9.52 Å². The van der Waals surface area contributed by atoms with Crippen molar-refractivity contribution in [3.05, 3.63) is 69.4 Å². The molecule has 6 nitrogen and oxygen atoms in total. The lowest BCUT2D eigenvalue weighted by Gasteiger charge is -2.24. The van der Waals surface area contributed by atoms with Gasteiger partial charge in [-0.1, -0.05) is 0 Å². The molecule has 142 valence electrons. The molecule has 0 saturated carbocycles. The maximum atomic E-state index is 12.5. The van der Waals surface area contributed by atoms with E-state index in [0.29, 0.717) is 30.3 Å². The number of nitrogens with one attached hydrogen (secondary N) is 2. The maximum absolute atomic E-state index is 12.5. The first kappa shape index (κ1) is 19.1. The Morgan fingerprint density at radius 1 is 1.30 bits per heavy atom. The van der Waals surface area contributed by atoms with Crippen molar-refractivity contribution in [2.45, 2.75) is 26.9 Å². The molecule has 0 saturated heterocycles. The van der Waals surface area contributed by atoms with E-state index in [0.717, 1.165) is 22.2 Å². The van der Waals surface area contributed by atoms with Crippen LogP contribution in [0, 0.1) is 13.8 Å². The minimum absolute atomic E-state index is 0.0631. The summed E-state index contributed by atoms with van der Waals surface area (Å²) < 4.78 is 5.28. The molecule has 7 heteroatoms. The average molecular weight is 385 g/mol. The van der Waals surface area contributed by atoms with Gasteiger partial charge in [0, 0.05) is 17.6 Å². The summed E-state index contributed by atoms with van der Waals surface area (Å²) in [6.07, 6.45) is 1.60. The molecule has 2 aromatic heterocycles. The molecular weight excluding hydrogens is 362 g/mol. The number of fused-ring (bicyclic) bond motifs is 1. The highest BCUT2D eigenvalue weighted by atomic mass is 32.1. The van der Waals surface area contributed by atoms with Gasteiger partial charge in [-0.2, -0.15) is 0 Å². The number of H-pyrrole nitrogens is 1. The second-order valence-corrected chi connectivity index (χ2v) is 6.92. The summed E-state index contributed by atoms with van der Waals surface area (Å²) >= 11 is 5.44. The third-order valence-corrected chi connectivity index (χ3v) is 4.95. The van der Waals surface area contributed by atoms with Crippen LogP contribution in [0.5, 0.6) is 0 Å². The predicted molar refractivity (Wildman–Crippen MR) is 110 cm³/mol. The summed E-state index contributed by atoms with van der Waals surface area (Å²) in [5.41, 5.74) is 3.57. The number of rotatable bonds is 6. The van der Waals surface area contributed by atoms with Crippen LogP contribution in [-0.4, -0.2) is 33.3 Å². The van der Waals surface area contributed by atoms with E-state index < -0.39 is 0 Å². The van der Waals surface area contributed by atoms with Crippen LogP contribution in [-0.2, 0) is 13.1 Å². The first-order valence-electron chi connectivity index (χ1n) is 8.77. The minimum atomic E-state index is -0.150. The molecule has 0 aliphatic carbocycles. The fourth-order valence-corrected chi connectivity index (χ4v) is 3.13. The molecule has 27 heavy (non-hydrogen) atoms. The Hall–Kier alpha value is -2.64. The predicted octanol–water partition coefficient (Wildman–Crippen LogP) is 2.61. The summed E-state index contributed by atoms with van der Waals surface area (Å²) in [7, 11) is 0. The highest BCUT2D eigenvalue weighted by molar-refractivity contribution is 7.80. The van der Waals surface area contributed by atoms with Crippen molar-refractivity contribution in [1.29, 1.82) is 0 Å². The standard InChI is InChI=1S/C20H23N3O3S/c1-13-8-15-10-16(19(25)22-18(15)9-14(13)2)12-23(5-6-24)20(27)21-11-17-4-3-7-26-17/h3-4,7-10,24H,5-6,11-12H2,1-2H3,(H,21,27)(H,22,25). The number of nitrogens with zero attached hydrogens (tertiary/aromatic N) is 1. The van der Waals surface area contributed by atoms with Gasteiger partial charge in [0.25, 0.3) is 5.56 Å². The first-order valence-corrected chi connectivity index (χ1v) is 9.18. The number of aromatic nitrogens is 1. The van der Waals surface area contributed by atoms with Crippen LogP contribution < -0.4 is 10.9 Å². The van der Waals surface area contributed by atoms with Gasteiger partial charge in [-0.15, -0.1) is 0 Å². The Bertz CT molecular complexity index is 996. The number of aliphatic hydroxyl groups is 1. The fourth-order valence-electron chi connectivity index (χ4n) is 2.91. The normalized spacial score (nSPS) is 10.9. The third-order valence-electron chi connectivity index (χ3n) is 4.55. The van der Waals surface area contributed by atoms with Crippen LogP contribution in [0.25, 0.3) is 10.9 Å². The van der Waals surface area contributed by atoms with Crippen LogP contribution in [0.2, 0.25) is 0 Å². The number of hydrogen-bond acceptors (Lipinski definition) is 4. The largest absolute Gasteiger partial charge is 0.467 e. The number of benzene rings is 1. The fraction of sp³-hybridized carbons (Fsp3) is 0.300. The highest BCUT2D eigenvalue weighted by Gasteiger charge is 2.13. The van der Waals surface area contributed by atoms with Gasteiger partial charge in [0.05, 0.1) is 26.0 Å². The molecule has 0 unspecified atom stereocenters. The number of aromatic amines is 1. The number of furan rings is 1. The quantitative estimate of drug-likeness (QED) is 0.566. The number of pyridine rings is 1. The van der Waals surface area contributed by atoms with Gasteiger partial charge in [-0.05, 0) is 72.9 Å². The average Bonchev–Trinajstić information content (AvgIpc) is 3.15. The maximum Gasteiger partial charge on any atom is 0.253 e. The summed E-state index contributed by atoms with van der Waals surface area (Å²) in [5.74, 6) is 0.760. The topological polar surface area (TPSA) is 81.5 Å². The molecule has 0 fully saturated rings. The van der Waals surface area contributed by atoms with Gasteiger partial charge >= 0.3 is 0 Å². The van der Waals surface area contributed by atoms with E-state index in [-0.39, 0.29) is 12.2 Å². The van der Waals surface area contributed by atoms with Crippen molar-refractivity contribution >= 4 is 28.2 Å². The van der Waals surface area contributed by atoms with Gasteiger partial charge in [0.1, 0.15) is 5.76 Å². The van der Waals surface area contributed by atoms with E-state index in [1.165, 1.54) is 5.56 Å². The second-order valence-electron chi connectivity index (χ2n) is 6.53. The van der Waals surface area contributed by atoms with Crippen LogP contribution >= 0.6 is 12.2 Å². The summed E-state index contributed by atoms with van der Waals surface area (Å²) in [5, 5.41) is 13.9. The van der Waals surface area contributed by atoms with Gasteiger partial charge in [0.15, 0.2) is 5.11 Å². The summed E-state index contributed by atoms with van der Waals surface area (Å²) in [4.78, 5) is 17.2. The molecule has 0 aliphatic rings. The van der Waals surface area contributed by atoms with Gasteiger partial charge in [-0.3, -0.25) is 4.79 Å². The van der Waals surface area contributed by atoms with E-state index in [1.807, 2.05) is 38.1 Å². The van der Waals surface area contributed by atoms with Crippen molar-refractivity contribution in [3.63, 3.8) is 0 Å². The molecule has 0 spiro atoms. The first-order chi connectivity index (χ1) is 13.0. The molecule has 3 N–H and O–H groups in total. The zero-order valence-electron chi connectivity index (χ0n) is 15.4. The lowest BCUT2D eigenvalue weighted by molar-refractivity contribution is 0.245. The highest BCUT2D eigenvalue weighted by Crippen LogP contribution is 2.17.